The number of nitrogens with zero attached hydrogens (tertiary/aromatic N) is 1. The molecule has 0 radical (unpaired) electrons. The molecule has 0 amide bonds. The van der Waals surface area contributed by atoms with Crippen molar-refractivity contribution < 1.29 is 9.47 Å². The molecule has 0 aromatic heterocycles. The molecule has 0 saturated carbocycles. The smallest absolute Gasteiger partial charge is 0.0700 e. The number of hydrogen-bond donors (Lipinski definition) is 0. The Kier molecular flexibility index (Phi) is 13.4. The summed E-state index contributed by atoms with van der Waals surface area (Å²) in [6.45, 7) is 4.49. The Hall–Kier alpha value is 0.170. The Labute approximate surface area is 105 Å². The summed E-state index contributed by atoms with van der Waals surface area (Å²) in [7, 11) is 3.85. The van der Waals surface area contributed by atoms with Crippen molar-refractivity contribution in [2.45, 2.75) is 25.7 Å². The molecule has 4 heteroatoms. The third kappa shape index (κ3) is 12.2. The zero-order valence-electron chi connectivity index (χ0n) is 10.7. The number of rotatable bonds is 12. The monoisotopic (exact) mass is 251 g/mol. The van der Waals surface area contributed by atoms with Crippen molar-refractivity contribution in [3.05, 3.63) is 0 Å². The second-order valence-corrected chi connectivity index (χ2v) is 4.39. The molecule has 0 saturated heterocycles. The maximum absolute atomic E-state index is 5.62. The summed E-state index contributed by atoms with van der Waals surface area (Å²) in [6, 6.07) is 0. The Morgan fingerprint density at radius 2 is 1.69 bits per heavy atom. The van der Waals surface area contributed by atoms with Crippen molar-refractivity contribution in [3.63, 3.8) is 0 Å². The summed E-state index contributed by atoms with van der Waals surface area (Å²) in [5.41, 5.74) is 0. The minimum absolute atomic E-state index is 0.689. The van der Waals surface area contributed by atoms with Crippen molar-refractivity contribution in [1.29, 1.82) is 0 Å². The molecule has 0 aromatic carbocycles. The van der Waals surface area contributed by atoms with Crippen LogP contribution in [0.2, 0.25) is 0 Å². The van der Waals surface area contributed by atoms with Crippen molar-refractivity contribution in [2.75, 3.05) is 52.9 Å². The van der Waals surface area contributed by atoms with E-state index in [4.69, 9.17) is 21.1 Å². The summed E-state index contributed by atoms with van der Waals surface area (Å²) in [6.07, 6.45) is 4.71. The van der Waals surface area contributed by atoms with Gasteiger partial charge >= 0.3 is 0 Å². The number of halogens is 1. The third-order valence-electron chi connectivity index (χ3n) is 2.43. The van der Waals surface area contributed by atoms with Crippen molar-refractivity contribution in [2.24, 2.45) is 0 Å². The first-order valence-corrected chi connectivity index (χ1v) is 6.66. The summed E-state index contributed by atoms with van der Waals surface area (Å²) < 4.78 is 10.3. The number of methoxy groups -OCH3 is 1. The van der Waals surface area contributed by atoms with Crippen LogP contribution in [0.15, 0.2) is 0 Å². The average molecular weight is 252 g/mol. The van der Waals surface area contributed by atoms with E-state index in [9.17, 15) is 0 Å². The van der Waals surface area contributed by atoms with Crippen LogP contribution >= 0.6 is 11.6 Å². The predicted molar refractivity (Wildman–Crippen MR) is 69.4 cm³/mol. The van der Waals surface area contributed by atoms with Gasteiger partial charge in [-0.25, -0.2) is 0 Å². The van der Waals surface area contributed by atoms with Crippen molar-refractivity contribution in [1.82, 2.24) is 4.90 Å². The average Bonchev–Trinajstić information content (AvgIpc) is 2.29. The molecule has 3 nitrogen and oxygen atoms in total. The highest BCUT2D eigenvalue weighted by atomic mass is 35.5. The van der Waals surface area contributed by atoms with Gasteiger partial charge in [0.1, 0.15) is 0 Å². The van der Waals surface area contributed by atoms with Gasteiger partial charge in [-0.05, 0) is 32.9 Å². The van der Waals surface area contributed by atoms with Crippen molar-refractivity contribution >= 4 is 11.6 Å². The van der Waals surface area contributed by atoms with Crippen LogP contribution in [-0.4, -0.2) is 57.8 Å². The second-order valence-electron chi connectivity index (χ2n) is 4.01. The van der Waals surface area contributed by atoms with Crippen molar-refractivity contribution in [3.8, 4) is 0 Å². The lowest BCUT2D eigenvalue weighted by Crippen LogP contribution is -2.22. The lowest BCUT2D eigenvalue weighted by atomic mass is 10.2. The van der Waals surface area contributed by atoms with E-state index in [1.807, 2.05) is 0 Å². The van der Waals surface area contributed by atoms with Crippen LogP contribution in [0.4, 0.5) is 0 Å². The Morgan fingerprint density at radius 1 is 0.938 bits per heavy atom. The molecule has 0 aliphatic heterocycles. The Morgan fingerprint density at radius 3 is 2.38 bits per heavy atom. The highest BCUT2D eigenvalue weighted by molar-refractivity contribution is 6.17. The molecule has 16 heavy (non-hydrogen) atoms. The third-order valence-corrected chi connectivity index (χ3v) is 2.70. The number of ether oxygens (including phenoxy) is 2. The topological polar surface area (TPSA) is 21.7 Å². The maximum Gasteiger partial charge on any atom is 0.0700 e. The van der Waals surface area contributed by atoms with Gasteiger partial charge in [-0.15, -0.1) is 11.6 Å². The molecule has 0 heterocycles. The van der Waals surface area contributed by atoms with E-state index in [2.05, 4.69) is 11.9 Å². The van der Waals surface area contributed by atoms with E-state index in [0.29, 0.717) is 13.2 Å². The first-order valence-electron chi connectivity index (χ1n) is 6.12. The zero-order valence-corrected chi connectivity index (χ0v) is 11.5. The quantitative estimate of drug-likeness (QED) is 0.393. The van der Waals surface area contributed by atoms with Gasteiger partial charge in [0.15, 0.2) is 0 Å². The molecular weight excluding hydrogens is 226 g/mol. The Bertz CT molecular complexity index is 136. The number of hydrogen-bond acceptors (Lipinski definition) is 3. The minimum atomic E-state index is 0.689. The molecule has 0 spiro atoms. The molecule has 0 aromatic rings. The number of unbranched alkanes of at least 4 members (excludes halogenated alkanes) is 2. The molecule has 0 aliphatic rings. The van der Waals surface area contributed by atoms with Crippen LogP contribution in [0, 0.1) is 0 Å². The van der Waals surface area contributed by atoms with Crippen LogP contribution in [0.25, 0.3) is 0 Å². The first kappa shape index (κ1) is 16.2. The molecular formula is C12H26ClNO2. The normalized spacial score (nSPS) is 11.2. The van der Waals surface area contributed by atoms with E-state index >= 15 is 0 Å². The van der Waals surface area contributed by atoms with Gasteiger partial charge in [-0.3, -0.25) is 0 Å². The molecule has 0 aliphatic carbocycles. The summed E-state index contributed by atoms with van der Waals surface area (Å²) in [5, 5.41) is 0. The number of alkyl halides is 1. The van der Waals surface area contributed by atoms with Gasteiger partial charge in [-0.1, -0.05) is 6.42 Å². The van der Waals surface area contributed by atoms with E-state index in [1.54, 1.807) is 7.11 Å². The van der Waals surface area contributed by atoms with Gasteiger partial charge in [0, 0.05) is 26.1 Å². The van der Waals surface area contributed by atoms with Gasteiger partial charge in [-0.2, -0.15) is 0 Å². The van der Waals surface area contributed by atoms with E-state index in [1.165, 1.54) is 12.8 Å². The van der Waals surface area contributed by atoms with Crippen LogP contribution < -0.4 is 0 Å². The highest BCUT2D eigenvalue weighted by Gasteiger charge is 1.98. The van der Waals surface area contributed by atoms with Gasteiger partial charge < -0.3 is 14.4 Å². The second kappa shape index (κ2) is 13.2. The van der Waals surface area contributed by atoms with Gasteiger partial charge in [0.25, 0.3) is 0 Å². The SMILES string of the molecule is COCCOCCCN(C)CCCCCCl. The summed E-state index contributed by atoms with van der Waals surface area (Å²) >= 11 is 5.62. The first-order chi connectivity index (χ1) is 7.81. The lowest BCUT2D eigenvalue weighted by molar-refractivity contribution is 0.0662. The van der Waals surface area contributed by atoms with Gasteiger partial charge in [0.05, 0.1) is 13.2 Å². The van der Waals surface area contributed by atoms with Crippen LogP contribution in [0.5, 0.6) is 0 Å². The molecule has 0 bridgehead atoms. The minimum Gasteiger partial charge on any atom is -0.382 e. The molecule has 0 unspecified atom stereocenters. The van der Waals surface area contributed by atoms with E-state index in [0.717, 1.165) is 38.4 Å². The fraction of sp³-hybridized carbons (Fsp3) is 1.00. The fourth-order valence-electron chi connectivity index (χ4n) is 1.45. The summed E-state index contributed by atoms with van der Waals surface area (Å²) in [4.78, 5) is 2.36. The van der Waals surface area contributed by atoms with E-state index < -0.39 is 0 Å². The van der Waals surface area contributed by atoms with Gasteiger partial charge in [0.2, 0.25) is 0 Å². The molecule has 0 fully saturated rings. The maximum atomic E-state index is 5.62. The standard InChI is InChI=1S/C12H26ClNO2/c1-14(8-5-3-4-7-13)9-6-10-16-12-11-15-2/h3-12H2,1-2H3. The molecule has 98 valence electrons. The zero-order chi connectivity index (χ0) is 12.1. The Balaban J connectivity index is 3.08. The summed E-state index contributed by atoms with van der Waals surface area (Å²) in [5.74, 6) is 0.789. The van der Waals surface area contributed by atoms with Crippen LogP contribution in [-0.2, 0) is 9.47 Å². The van der Waals surface area contributed by atoms with Crippen LogP contribution in [0.3, 0.4) is 0 Å². The van der Waals surface area contributed by atoms with E-state index in [-0.39, 0.29) is 0 Å². The highest BCUT2D eigenvalue weighted by Crippen LogP contribution is 1.99. The molecule has 0 N–H and O–H groups in total. The predicted octanol–water partition coefficient (Wildman–Crippen LogP) is 2.38. The lowest BCUT2D eigenvalue weighted by Gasteiger charge is -2.16. The largest absolute Gasteiger partial charge is 0.382 e. The molecule has 0 atom stereocenters. The molecule has 0 rings (SSSR count). The fourth-order valence-corrected chi connectivity index (χ4v) is 1.63. The van der Waals surface area contributed by atoms with Crippen LogP contribution in [0.1, 0.15) is 25.7 Å².